The number of carbonyl (C=O) groups is 3. The quantitative estimate of drug-likeness (QED) is 0.507. The van der Waals surface area contributed by atoms with Crippen LogP contribution in [0.5, 0.6) is 0 Å². The smallest absolute Gasteiger partial charge is 0.244 e. The van der Waals surface area contributed by atoms with Crippen LogP contribution < -0.4 is 5.32 Å². The summed E-state index contributed by atoms with van der Waals surface area (Å²) in [5, 5.41) is 3.70. The molecule has 0 radical (unpaired) electrons. The number of nitrogens with zero attached hydrogens (tertiary/aromatic N) is 2. The molecule has 0 spiro atoms. The van der Waals surface area contributed by atoms with E-state index in [1.165, 1.54) is 0 Å². The number of thiazole rings is 1. The number of anilines is 1. The minimum absolute atomic E-state index is 0.138. The van der Waals surface area contributed by atoms with Gasteiger partial charge in [-0.2, -0.15) is 0 Å². The third-order valence-electron chi connectivity index (χ3n) is 6.59. The van der Waals surface area contributed by atoms with Crippen molar-refractivity contribution in [3.05, 3.63) is 60.7 Å². The number of amides is 3. The van der Waals surface area contributed by atoms with Crippen LogP contribution in [0.3, 0.4) is 0 Å². The van der Waals surface area contributed by atoms with E-state index in [4.69, 9.17) is 0 Å². The summed E-state index contributed by atoms with van der Waals surface area (Å²) in [4.78, 5) is 44.3. The molecule has 4 atom stereocenters. The van der Waals surface area contributed by atoms with Crippen molar-refractivity contribution in [2.24, 2.45) is 23.7 Å². The number of aromatic nitrogens is 1. The maximum absolute atomic E-state index is 12.8. The van der Waals surface area contributed by atoms with Gasteiger partial charge in [0, 0.05) is 5.56 Å². The van der Waals surface area contributed by atoms with E-state index >= 15 is 0 Å². The number of imide groups is 1. The molecule has 154 valence electrons. The fourth-order valence-electron chi connectivity index (χ4n) is 5.22. The number of fused-ring (bicyclic) bond motifs is 6. The first kappa shape index (κ1) is 18.4. The SMILES string of the molecule is O=C(CN1C(=O)C2C3C=CC(C3)C2C1=O)Nc1ccccc1-c1nc2ccccc2s1. The monoisotopic (exact) mass is 429 g/mol. The van der Waals surface area contributed by atoms with E-state index in [0.717, 1.165) is 32.1 Å². The van der Waals surface area contributed by atoms with E-state index in [1.54, 1.807) is 11.3 Å². The summed E-state index contributed by atoms with van der Waals surface area (Å²) in [6.45, 7) is -0.252. The molecule has 4 unspecified atom stereocenters. The lowest BCUT2D eigenvalue weighted by Crippen LogP contribution is -2.39. The molecule has 1 saturated heterocycles. The predicted molar refractivity (Wildman–Crippen MR) is 118 cm³/mol. The first-order valence-electron chi connectivity index (χ1n) is 10.4. The van der Waals surface area contributed by atoms with Gasteiger partial charge in [0.1, 0.15) is 11.6 Å². The van der Waals surface area contributed by atoms with Crippen molar-refractivity contribution in [1.29, 1.82) is 0 Å². The van der Waals surface area contributed by atoms with Crippen LogP contribution in [0.2, 0.25) is 0 Å². The zero-order chi connectivity index (χ0) is 21.1. The van der Waals surface area contributed by atoms with Gasteiger partial charge in [-0.15, -0.1) is 11.3 Å². The number of nitrogens with one attached hydrogen (secondary N) is 1. The van der Waals surface area contributed by atoms with Gasteiger partial charge in [0.15, 0.2) is 0 Å². The van der Waals surface area contributed by atoms with E-state index < -0.39 is 0 Å². The fourth-order valence-corrected chi connectivity index (χ4v) is 6.22. The molecule has 7 heteroatoms. The zero-order valence-electron chi connectivity index (χ0n) is 16.5. The summed E-state index contributed by atoms with van der Waals surface area (Å²) in [6.07, 6.45) is 4.98. The summed E-state index contributed by atoms with van der Waals surface area (Å²) in [7, 11) is 0. The Morgan fingerprint density at radius 1 is 1.00 bits per heavy atom. The second-order valence-electron chi connectivity index (χ2n) is 8.34. The third-order valence-corrected chi connectivity index (χ3v) is 7.66. The van der Waals surface area contributed by atoms with Gasteiger partial charge in [-0.3, -0.25) is 19.3 Å². The largest absolute Gasteiger partial charge is 0.324 e. The van der Waals surface area contributed by atoms with Gasteiger partial charge >= 0.3 is 0 Å². The molecule has 1 saturated carbocycles. The maximum atomic E-state index is 12.8. The molecule has 3 amide bonds. The average Bonchev–Trinajstić information content (AvgIpc) is 3.54. The number of hydrogen-bond acceptors (Lipinski definition) is 5. The van der Waals surface area contributed by atoms with Gasteiger partial charge in [0.05, 0.1) is 27.7 Å². The number of para-hydroxylation sites is 2. The molecule has 1 N–H and O–H groups in total. The summed E-state index contributed by atoms with van der Waals surface area (Å²) in [5.74, 6) is -1.09. The number of benzene rings is 2. The molecule has 1 aromatic heterocycles. The molecule has 6 nitrogen and oxygen atoms in total. The van der Waals surface area contributed by atoms with Crippen molar-refractivity contribution in [2.45, 2.75) is 6.42 Å². The van der Waals surface area contributed by atoms with E-state index in [1.807, 2.05) is 48.5 Å². The van der Waals surface area contributed by atoms with Crippen LogP contribution in [0.4, 0.5) is 5.69 Å². The topological polar surface area (TPSA) is 79.4 Å². The molecule has 3 aromatic rings. The first-order valence-corrected chi connectivity index (χ1v) is 11.2. The van der Waals surface area contributed by atoms with Crippen LogP contribution in [-0.2, 0) is 14.4 Å². The van der Waals surface area contributed by atoms with E-state index in [2.05, 4.69) is 22.5 Å². The van der Waals surface area contributed by atoms with E-state index in [9.17, 15) is 14.4 Å². The number of carbonyl (C=O) groups excluding carboxylic acids is 3. The lowest BCUT2D eigenvalue weighted by atomic mass is 9.85. The summed E-state index contributed by atoms with van der Waals surface area (Å²) in [5.41, 5.74) is 2.34. The van der Waals surface area contributed by atoms with Crippen LogP contribution in [-0.4, -0.2) is 34.2 Å². The predicted octanol–water partition coefficient (Wildman–Crippen LogP) is 3.71. The molecular weight excluding hydrogens is 410 g/mol. The lowest BCUT2D eigenvalue weighted by Gasteiger charge is -2.17. The second kappa shape index (κ2) is 6.85. The van der Waals surface area contributed by atoms with Crippen LogP contribution in [0.15, 0.2) is 60.7 Å². The molecular formula is C24H19N3O3S. The Hall–Kier alpha value is -3.32. The summed E-state index contributed by atoms with van der Waals surface area (Å²) >= 11 is 1.56. The fraction of sp³-hybridized carbons (Fsp3) is 0.250. The van der Waals surface area contributed by atoms with E-state index in [0.29, 0.717) is 5.69 Å². The molecule has 2 heterocycles. The van der Waals surface area contributed by atoms with Crippen LogP contribution in [0.1, 0.15) is 6.42 Å². The van der Waals surface area contributed by atoms with Gasteiger partial charge in [-0.1, -0.05) is 36.4 Å². The lowest BCUT2D eigenvalue weighted by molar-refractivity contribution is -0.143. The molecule has 3 aliphatic rings. The van der Waals surface area contributed by atoms with Crippen LogP contribution >= 0.6 is 11.3 Å². The van der Waals surface area contributed by atoms with Crippen molar-refractivity contribution >= 4 is 45.0 Å². The van der Waals surface area contributed by atoms with Gasteiger partial charge in [-0.05, 0) is 42.5 Å². The van der Waals surface area contributed by atoms with E-state index in [-0.39, 0.29) is 47.9 Å². The Bertz CT molecular complexity index is 1220. The van der Waals surface area contributed by atoms with Gasteiger partial charge in [-0.25, -0.2) is 4.98 Å². The van der Waals surface area contributed by atoms with Crippen LogP contribution in [0, 0.1) is 23.7 Å². The van der Waals surface area contributed by atoms with Crippen molar-refractivity contribution in [3.8, 4) is 10.6 Å². The van der Waals surface area contributed by atoms with Crippen molar-refractivity contribution in [2.75, 3.05) is 11.9 Å². The number of hydrogen-bond donors (Lipinski definition) is 1. The first-order chi connectivity index (χ1) is 15.1. The molecule has 2 aliphatic carbocycles. The highest BCUT2D eigenvalue weighted by atomic mass is 32.1. The minimum atomic E-state index is -0.379. The highest BCUT2D eigenvalue weighted by Crippen LogP contribution is 2.52. The van der Waals surface area contributed by atoms with Crippen molar-refractivity contribution in [3.63, 3.8) is 0 Å². The van der Waals surface area contributed by atoms with Crippen molar-refractivity contribution in [1.82, 2.24) is 9.88 Å². The highest BCUT2D eigenvalue weighted by Gasteiger charge is 2.59. The van der Waals surface area contributed by atoms with Gasteiger partial charge in [0.2, 0.25) is 17.7 Å². The molecule has 1 aliphatic heterocycles. The summed E-state index contributed by atoms with van der Waals surface area (Å²) in [6, 6.07) is 15.3. The maximum Gasteiger partial charge on any atom is 0.244 e. The number of rotatable bonds is 4. The highest BCUT2D eigenvalue weighted by molar-refractivity contribution is 7.21. The normalized spacial score (nSPS) is 26.1. The Morgan fingerprint density at radius 3 is 2.42 bits per heavy atom. The van der Waals surface area contributed by atoms with Crippen molar-refractivity contribution < 1.29 is 14.4 Å². The molecule has 6 rings (SSSR count). The number of allylic oxidation sites excluding steroid dienone is 2. The summed E-state index contributed by atoms with van der Waals surface area (Å²) < 4.78 is 1.07. The Labute approximate surface area is 182 Å². The van der Waals surface area contributed by atoms with Gasteiger partial charge in [0.25, 0.3) is 0 Å². The molecule has 2 aromatic carbocycles. The minimum Gasteiger partial charge on any atom is -0.324 e. The Kier molecular flexibility index (Phi) is 4.08. The second-order valence-corrected chi connectivity index (χ2v) is 9.37. The molecule has 2 fully saturated rings. The Morgan fingerprint density at radius 2 is 1.68 bits per heavy atom. The van der Waals surface area contributed by atoms with Crippen LogP contribution in [0.25, 0.3) is 20.8 Å². The number of likely N-dealkylation sites (tertiary alicyclic amines) is 1. The average molecular weight is 430 g/mol. The Balaban J connectivity index is 1.23. The standard InChI is InChI=1S/C24H19N3O3S/c28-19(12-27-23(29)20-13-9-10-14(11-13)21(20)24(27)30)25-16-6-2-1-5-15(16)22-26-17-7-3-4-8-18(17)31-22/h1-10,13-14,20-21H,11-12H2,(H,25,28). The zero-order valence-corrected chi connectivity index (χ0v) is 17.3. The molecule has 2 bridgehead atoms. The molecule has 31 heavy (non-hydrogen) atoms. The third kappa shape index (κ3) is 2.84. The van der Waals surface area contributed by atoms with Gasteiger partial charge < -0.3 is 5.32 Å².